The van der Waals surface area contributed by atoms with Crippen molar-refractivity contribution in [1.29, 1.82) is 0 Å². The minimum Gasteiger partial charge on any atom is -0.396 e. The van der Waals surface area contributed by atoms with Gasteiger partial charge < -0.3 is 15.5 Å². The summed E-state index contributed by atoms with van der Waals surface area (Å²) >= 11 is 0. The summed E-state index contributed by atoms with van der Waals surface area (Å²) in [6, 6.07) is 3.84. The molecule has 0 amide bonds. The third-order valence-corrected chi connectivity index (χ3v) is 2.29. The average Bonchev–Trinajstić information content (AvgIpc) is 2.18. The van der Waals surface area contributed by atoms with Crippen molar-refractivity contribution >= 4 is 11.5 Å². The van der Waals surface area contributed by atoms with Crippen molar-refractivity contribution in [2.45, 2.75) is 6.92 Å². The smallest absolute Gasteiger partial charge is 0.151 e. The molecule has 1 aromatic rings. The molecule has 1 aromatic heterocycles. The van der Waals surface area contributed by atoms with Crippen LogP contribution in [0, 0.1) is 6.92 Å². The second kappa shape index (κ2) is 4.98. The first kappa shape index (κ1) is 11.8. The van der Waals surface area contributed by atoms with E-state index in [2.05, 4.69) is 28.9 Å². The van der Waals surface area contributed by atoms with Gasteiger partial charge in [0, 0.05) is 25.8 Å². The highest BCUT2D eigenvalue weighted by atomic mass is 15.2. The summed E-state index contributed by atoms with van der Waals surface area (Å²) < 4.78 is 0. The third kappa shape index (κ3) is 3.40. The highest BCUT2D eigenvalue weighted by Crippen LogP contribution is 2.18. The fourth-order valence-electron chi connectivity index (χ4n) is 1.32. The number of rotatable bonds is 4. The SMILES string of the molecule is Cc1ccc(N)c(N(C)CCN(C)C)n1. The lowest BCUT2D eigenvalue weighted by molar-refractivity contribution is 0.416. The van der Waals surface area contributed by atoms with Gasteiger partial charge in [-0.2, -0.15) is 0 Å². The van der Waals surface area contributed by atoms with E-state index in [9.17, 15) is 0 Å². The van der Waals surface area contributed by atoms with Crippen LogP contribution >= 0.6 is 0 Å². The lowest BCUT2D eigenvalue weighted by Crippen LogP contribution is -2.29. The molecule has 0 fully saturated rings. The number of hydrogen-bond acceptors (Lipinski definition) is 4. The van der Waals surface area contributed by atoms with Crippen LogP contribution in [-0.4, -0.2) is 44.1 Å². The third-order valence-electron chi connectivity index (χ3n) is 2.29. The first-order valence-electron chi connectivity index (χ1n) is 5.09. The van der Waals surface area contributed by atoms with E-state index in [-0.39, 0.29) is 0 Å². The summed E-state index contributed by atoms with van der Waals surface area (Å²) in [5.41, 5.74) is 7.61. The van der Waals surface area contributed by atoms with Gasteiger partial charge in [-0.3, -0.25) is 0 Å². The molecular weight excluding hydrogens is 188 g/mol. The molecule has 15 heavy (non-hydrogen) atoms. The summed E-state index contributed by atoms with van der Waals surface area (Å²) in [7, 11) is 6.13. The zero-order valence-corrected chi connectivity index (χ0v) is 9.99. The van der Waals surface area contributed by atoms with E-state index in [1.807, 2.05) is 26.1 Å². The highest BCUT2D eigenvalue weighted by Gasteiger charge is 2.07. The zero-order valence-electron chi connectivity index (χ0n) is 9.99. The number of pyridine rings is 1. The van der Waals surface area contributed by atoms with Crippen molar-refractivity contribution in [3.05, 3.63) is 17.8 Å². The van der Waals surface area contributed by atoms with Crippen LogP contribution in [0.4, 0.5) is 11.5 Å². The molecule has 0 aliphatic heterocycles. The molecular formula is C11H20N4. The van der Waals surface area contributed by atoms with E-state index in [1.165, 1.54) is 0 Å². The molecule has 4 heteroatoms. The maximum Gasteiger partial charge on any atom is 0.151 e. The topological polar surface area (TPSA) is 45.4 Å². The van der Waals surface area contributed by atoms with Crippen LogP contribution in [0.25, 0.3) is 0 Å². The Balaban J connectivity index is 2.72. The molecule has 0 atom stereocenters. The summed E-state index contributed by atoms with van der Waals surface area (Å²) in [5, 5.41) is 0. The Morgan fingerprint density at radius 2 is 1.87 bits per heavy atom. The molecule has 0 saturated carbocycles. The van der Waals surface area contributed by atoms with E-state index in [0.29, 0.717) is 0 Å². The Morgan fingerprint density at radius 1 is 1.20 bits per heavy atom. The normalized spacial score (nSPS) is 10.7. The van der Waals surface area contributed by atoms with Crippen molar-refractivity contribution in [2.75, 3.05) is 44.9 Å². The van der Waals surface area contributed by atoms with Crippen LogP contribution in [-0.2, 0) is 0 Å². The second-order valence-corrected chi connectivity index (χ2v) is 4.09. The van der Waals surface area contributed by atoms with Crippen LogP contribution in [0.3, 0.4) is 0 Å². The molecule has 4 nitrogen and oxygen atoms in total. The van der Waals surface area contributed by atoms with Gasteiger partial charge in [-0.15, -0.1) is 0 Å². The van der Waals surface area contributed by atoms with Gasteiger partial charge in [0.2, 0.25) is 0 Å². The number of aromatic nitrogens is 1. The van der Waals surface area contributed by atoms with Crippen LogP contribution in [0.15, 0.2) is 12.1 Å². The lowest BCUT2D eigenvalue weighted by atomic mass is 10.3. The van der Waals surface area contributed by atoms with Gasteiger partial charge in [0.1, 0.15) is 0 Å². The van der Waals surface area contributed by atoms with Gasteiger partial charge in [0.25, 0.3) is 0 Å². The molecule has 84 valence electrons. The van der Waals surface area contributed by atoms with E-state index >= 15 is 0 Å². The van der Waals surface area contributed by atoms with Crippen LogP contribution in [0.5, 0.6) is 0 Å². The van der Waals surface area contributed by atoms with Crippen LogP contribution in [0.2, 0.25) is 0 Å². The Labute approximate surface area is 91.7 Å². The minimum absolute atomic E-state index is 0.738. The molecule has 0 aromatic carbocycles. The van der Waals surface area contributed by atoms with Gasteiger partial charge in [-0.1, -0.05) is 0 Å². The van der Waals surface area contributed by atoms with Crippen LogP contribution in [0.1, 0.15) is 5.69 Å². The summed E-state index contributed by atoms with van der Waals surface area (Å²) in [4.78, 5) is 8.66. The second-order valence-electron chi connectivity index (χ2n) is 4.09. The first-order valence-corrected chi connectivity index (χ1v) is 5.09. The van der Waals surface area contributed by atoms with Crippen molar-refractivity contribution < 1.29 is 0 Å². The fraction of sp³-hybridized carbons (Fsp3) is 0.545. The molecule has 1 heterocycles. The van der Waals surface area contributed by atoms with Crippen LogP contribution < -0.4 is 10.6 Å². The van der Waals surface area contributed by atoms with Crippen molar-refractivity contribution in [3.63, 3.8) is 0 Å². The van der Waals surface area contributed by atoms with Gasteiger partial charge in [0.05, 0.1) is 5.69 Å². The average molecular weight is 208 g/mol. The molecule has 0 saturated heterocycles. The van der Waals surface area contributed by atoms with Gasteiger partial charge >= 0.3 is 0 Å². The number of nitrogens with zero attached hydrogens (tertiary/aromatic N) is 3. The molecule has 1 rings (SSSR count). The summed E-state index contributed by atoms with van der Waals surface area (Å²) in [6.07, 6.45) is 0. The largest absolute Gasteiger partial charge is 0.396 e. The maximum atomic E-state index is 5.88. The Bertz CT molecular complexity index is 322. The molecule has 0 bridgehead atoms. The lowest BCUT2D eigenvalue weighted by Gasteiger charge is -2.22. The molecule has 0 spiro atoms. The summed E-state index contributed by atoms with van der Waals surface area (Å²) in [5.74, 6) is 0.872. The summed E-state index contributed by atoms with van der Waals surface area (Å²) in [6.45, 7) is 3.89. The Kier molecular flexibility index (Phi) is 3.91. The number of anilines is 2. The zero-order chi connectivity index (χ0) is 11.4. The standard InChI is InChI=1S/C11H20N4/c1-9-5-6-10(12)11(13-9)15(4)8-7-14(2)3/h5-6H,7-8,12H2,1-4H3. The molecule has 0 aliphatic rings. The number of nitrogen functional groups attached to an aromatic ring is 1. The van der Waals surface area contributed by atoms with E-state index in [4.69, 9.17) is 5.73 Å². The highest BCUT2D eigenvalue weighted by molar-refractivity contribution is 5.62. The molecule has 0 radical (unpaired) electrons. The first-order chi connectivity index (χ1) is 7.00. The van der Waals surface area contributed by atoms with E-state index in [0.717, 1.165) is 30.3 Å². The monoisotopic (exact) mass is 208 g/mol. The molecule has 0 aliphatic carbocycles. The predicted molar refractivity (Wildman–Crippen MR) is 65.2 cm³/mol. The van der Waals surface area contributed by atoms with E-state index in [1.54, 1.807) is 0 Å². The molecule has 2 N–H and O–H groups in total. The van der Waals surface area contributed by atoms with Crippen molar-refractivity contribution in [2.24, 2.45) is 0 Å². The van der Waals surface area contributed by atoms with Crippen molar-refractivity contribution in [1.82, 2.24) is 9.88 Å². The van der Waals surface area contributed by atoms with Gasteiger partial charge in [-0.05, 0) is 33.2 Å². The van der Waals surface area contributed by atoms with E-state index < -0.39 is 0 Å². The number of hydrogen-bond donors (Lipinski definition) is 1. The molecule has 0 unspecified atom stereocenters. The fourth-order valence-corrected chi connectivity index (χ4v) is 1.32. The Hall–Kier alpha value is -1.29. The van der Waals surface area contributed by atoms with Gasteiger partial charge in [0.15, 0.2) is 5.82 Å². The number of aryl methyl sites for hydroxylation is 1. The quantitative estimate of drug-likeness (QED) is 0.801. The minimum atomic E-state index is 0.738. The number of likely N-dealkylation sites (N-methyl/N-ethyl adjacent to an activating group) is 2. The predicted octanol–water partition coefficient (Wildman–Crippen LogP) is 0.970. The Morgan fingerprint density at radius 3 is 2.47 bits per heavy atom. The van der Waals surface area contributed by atoms with Crippen molar-refractivity contribution in [3.8, 4) is 0 Å². The maximum absolute atomic E-state index is 5.88. The van der Waals surface area contributed by atoms with Gasteiger partial charge in [-0.25, -0.2) is 4.98 Å². The number of nitrogens with two attached hydrogens (primary N) is 1.